The number of alkyl halides is 2. The van der Waals surface area contributed by atoms with E-state index in [4.69, 9.17) is 17.3 Å². The van der Waals surface area contributed by atoms with Crippen molar-refractivity contribution in [1.29, 1.82) is 0 Å². The molecule has 14 heavy (non-hydrogen) atoms. The third kappa shape index (κ3) is 3.08. The fourth-order valence-electron chi connectivity index (χ4n) is 0.962. The van der Waals surface area contributed by atoms with Crippen LogP contribution in [0.2, 0.25) is 5.02 Å². The predicted molar refractivity (Wildman–Crippen MR) is 56.4 cm³/mol. The second-order valence-electron chi connectivity index (χ2n) is 2.87. The Kier molecular flexibility index (Phi) is 5.34. The van der Waals surface area contributed by atoms with Gasteiger partial charge in [-0.2, -0.15) is 0 Å². The summed E-state index contributed by atoms with van der Waals surface area (Å²) in [5.74, 6) is 0. The largest absolute Gasteiger partial charge is 0.319 e. The lowest BCUT2D eigenvalue weighted by molar-refractivity contribution is 0.116. The molecule has 1 aromatic rings. The van der Waals surface area contributed by atoms with E-state index >= 15 is 0 Å². The maximum atomic E-state index is 12.2. The van der Waals surface area contributed by atoms with Crippen LogP contribution in [0.4, 0.5) is 8.78 Å². The molecular weight excluding hydrogens is 231 g/mol. The summed E-state index contributed by atoms with van der Waals surface area (Å²) in [6, 6.07) is 3.48. The van der Waals surface area contributed by atoms with E-state index in [2.05, 4.69) is 0 Å². The summed E-state index contributed by atoms with van der Waals surface area (Å²) in [5, 5.41) is 0.466. The Balaban J connectivity index is 0.00000169. The van der Waals surface area contributed by atoms with Gasteiger partial charge in [0.25, 0.3) is 6.43 Å². The van der Waals surface area contributed by atoms with Crippen LogP contribution in [0.25, 0.3) is 0 Å². The number of rotatable bonds is 2. The molecule has 0 unspecified atom stereocenters. The molecule has 1 aromatic carbocycles. The van der Waals surface area contributed by atoms with Gasteiger partial charge < -0.3 is 5.73 Å². The fraction of sp³-hybridized carbons (Fsp3) is 0.333. The van der Waals surface area contributed by atoms with E-state index in [1.165, 1.54) is 6.07 Å². The molecule has 0 heterocycles. The molecule has 0 aromatic heterocycles. The average Bonchev–Trinajstić information content (AvgIpc) is 2.08. The molecule has 80 valence electrons. The second kappa shape index (κ2) is 5.49. The van der Waals surface area contributed by atoms with Crippen LogP contribution in [-0.2, 0) is 0 Å². The minimum absolute atomic E-state index is 0. The highest BCUT2D eigenvalue weighted by molar-refractivity contribution is 6.31. The van der Waals surface area contributed by atoms with E-state index in [1.54, 1.807) is 19.1 Å². The Morgan fingerprint density at radius 2 is 1.93 bits per heavy atom. The van der Waals surface area contributed by atoms with Crippen LogP contribution in [0.5, 0.6) is 0 Å². The zero-order valence-corrected chi connectivity index (χ0v) is 9.08. The van der Waals surface area contributed by atoms with E-state index < -0.39 is 12.5 Å². The molecule has 0 radical (unpaired) electrons. The summed E-state index contributed by atoms with van der Waals surface area (Å²) in [6.45, 7) is 1.81. The van der Waals surface area contributed by atoms with Crippen molar-refractivity contribution in [3.63, 3.8) is 0 Å². The Morgan fingerprint density at radius 1 is 1.36 bits per heavy atom. The lowest BCUT2D eigenvalue weighted by Crippen LogP contribution is -2.18. The number of nitrogens with two attached hydrogens (primary N) is 1. The van der Waals surface area contributed by atoms with Gasteiger partial charge in [-0.05, 0) is 24.1 Å². The highest BCUT2D eigenvalue weighted by Gasteiger charge is 2.17. The molecule has 0 aliphatic heterocycles. The van der Waals surface area contributed by atoms with Crippen molar-refractivity contribution in [2.75, 3.05) is 0 Å². The molecule has 1 nitrogen and oxygen atoms in total. The van der Waals surface area contributed by atoms with Crippen LogP contribution in [0, 0.1) is 6.92 Å². The van der Waals surface area contributed by atoms with Crippen LogP contribution < -0.4 is 5.73 Å². The standard InChI is InChI=1S/C9H10ClF2N.ClH/c1-5-2-3-6(4-7(5)10)8(13)9(11)12;/h2-4,8-9H,13H2,1H3;1H/t8-;/m1./s1. The minimum Gasteiger partial charge on any atom is -0.319 e. The van der Waals surface area contributed by atoms with Crippen LogP contribution in [0.3, 0.4) is 0 Å². The van der Waals surface area contributed by atoms with Gasteiger partial charge in [0.1, 0.15) is 0 Å². The second-order valence-corrected chi connectivity index (χ2v) is 3.28. The van der Waals surface area contributed by atoms with Crippen molar-refractivity contribution in [3.8, 4) is 0 Å². The van der Waals surface area contributed by atoms with Crippen molar-refractivity contribution in [3.05, 3.63) is 34.3 Å². The van der Waals surface area contributed by atoms with Gasteiger partial charge in [0.2, 0.25) is 0 Å². The lowest BCUT2D eigenvalue weighted by Gasteiger charge is -2.11. The predicted octanol–water partition coefficient (Wildman–Crippen LogP) is 3.34. The maximum absolute atomic E-state index is 12.2. The van der Waals surface area contributed by atoms with Gasteiger partial charge >= 0.3 is 0 Å². The van der Waals surface area contributed by atoms with Gasteiger partial charge in [-0.15, -0.1) is 12.4 Å². The van der Waals surface area contributed by atoms with E-state index in [1.807, 2.05) is 0 Å². The lowest BCUT2D eigenvalue weighted by atomic mass is 10.1. The molecule has 0 bridgehead atoms. The summed E-state index contributed by atoms with van der Waals surface area (Å²) in [6.07, 6.45) is -2.56. The van der Waals surface area contributed by atoms with Crippen LogP contribution in [0.1, 0.15) is 17.2 Å². The summed E-state index contributed by atoms with van der Waals surface area (Å²) in [5.41, 5.74) is 6.47. The minimum atomic E-state index is -2.56. The van der Waals surface area contributed by atoms with Crippen molar-refractivity contribution in [2.45, 2.75) is 19.4 Å². The molecule has 0 amide bonds. The molecule has 1 atom stereocenters. The first-order chi connectivity index (χ1) is 6.02. The van der Waals surface area contributed by atoms with E-state index in [-0.39, 0.29) is 12.4 Å². The zero-order chi connectivity index (χ0) is 10.0. The van der Waals surface area contributed by atoms with Crippen LogP contribution >= 0.6 is 24.0 Å². The van der Waals surface area contributed by atoms with Gasteiger partial charge in [0.05, 0.1) is 6.04 Å². The third-order valence-corrected chi connectivity index (χ3v) is 2.26. The molecule has 5 heteroatoms. The van der Waals surface area contributed by atoms with Crippen molar-refractivity contribution >= 4 is 24.0 Å². The molecule has 0 aliphatic carbocycles. The summed E-state index contributed by atoms with van der Waals surface area (Å²) < 4.78 is 24.4. The molecular formula is C9H11Cl2F2N. The van der Waals surface area contributed by atoms with Gasteiger partial charge in [-0.25, -0.2) is 8.78 Å². The molecule has 2 N–H and O–H groups in total. The Morgan fingerprint density at radius 3 is 2.36 bits per heavy atom. The van der Waals surface area contributed by atoms with Gasteiger partial charge in [0, 0.05) is 5.02 Å². The first-order valence-corrected chi connectivity index (χ1v) is 4.20. The van der Waals surface area contributed by atoms with E-state index in [0.29, 0.717) is 10.6 Å². The number of hydrogen-bond donors (Lipinski definition) is 1. The number of aryl methyl sites for hydroxylation is 1. The normalized spacial score (nSPS) is 12.4. The highest BCUT2D eigenvalue weighted by atomic mass is 35.5. The van der Waals surface area contributed by atoms with Crippen molar-refractivity contribution < 1.29 is 8.78 Å². The molecule has 0 fully saturated rings. The van der Waals surface area contributed by atoms with Crippen LogP contribution in [-0.4, -0.2) is 6.43 Å². The van der Waals surface area contributed by atoms with E-state index in [0.717, 1.165) is 5.56 Å². The molecule has 0 saturated heterocycles. The summed E-state index contributed by atoms with van der Waals surface area (Å²) in [7, 11) is 0. The Bertz CT molecular complexity index is 305. The van der Waals surface area contributed by atoms with Gasteiger partial charge in [-0.3, -0.25) is 0 Å². The fourth-order valence-corrected chi connectivity index (χ4v) is 1.15. The molecule has 0 saturated carbocycles. The van der Waals surface area contributed by atoms with E-state index in [9.17, 15) is 8.78 Å². The van der Waals surface area contributed by atoms with Gasteiger partial charge in [-0.1, -0.05) is 23.7 Å². The number of halogens is 4. The maximum Gasteiger partial charge on any atom is 0.257 e. The monoisotopic (exact) mass is 241 g/mol. The smallest absolute Gasteiger partial charge is 0.257 e. The summed E-state index contributed by atoms with van der Waals surface area (Å²) >= 11 is 5.76. The topological polar surface area (TPSA) is 26.0 Å². The Hall–Kier alpha value is -0.380. The van der Waals surface area contributed by atoms with Crippen molar-refractivity contribution in [2.24, 2.45) is 5.73 Å². The quantitative estimate of drug-likeness (QED) is 0.845. The molecule has 1 rings (SSSR count). The molecule has 0 aliphatic rings. The van der Waals surface area contributed by atoms with Gasteiger partial charge in [0.15, 0.2) is 0 Å². The van der Waals surface area contributed by atoms with Crippen molar-refractivity contribution in [1.82, 2.24) is 0 Å². The first kappa shape index (κ1) is 13.6. The zero-order valence-electron chi connectivity index (χ0n) is 7.51. The molecule has 0 spiro atoms. The summed E-state index contributed by atoms with van der Waals surface area (Å²) in [4.78, 5) is 0. The Labute approximate surface area is 92.7 Å². The third-order valence-electron chi connectivity index (χ3n) is 1.85. The SMILES string of the molecule is Cc1ccc([C@@H](N)C(F)F)cc1Cl.Cl. The van der Waals surface area contributed by atoms with Crippen LogP contribution in [0.15, 0.2) is 18.2 Å². The number of hydrogen-bond acceptors (Lipinski definition) is 1. The highest BCUT2D eigenvalue weighted by Crippen LogP contribution is 2.23. The first-order valence-electron chi connectivity index (χ1n) is 3.82. The average molecular weight is 242 g/mol. The number of benzene rings is 1.